The van der Waals surface area contributed by atoms with Crippen LogP contribution in [0.25, 0.3) is 0 Å². The number of hydrogen-bond donors (Lipinski definition) is 1. The Morgan fingerprint density at radius 2 is 1.43 bits per heavy atom. The summed E-state index contributed by atoms with van der Waals surface area (Å²) in [6.07, 6.45) is 0. The summed E-state index contributed by atoms with van der Waals surface area (Å²) in [6.45, 7) is 5.81. The Morgan fingerprint density at radius 1 is 0.865 bits per heavy atom. The molecule has 196 valence electrons. The van der Waals surface area contributed by atoms with Crippen molar-refractivity contribution in [3.8, 4) is 0 Å². The normalized spacial score (nSPS) is 12.1. The number of hydrogen-bond acceptors (Lipinski definition) is 4. The molecule has 0 aliphatic heterocycles. The van der Waals surface area contributed by atoms with E-state index in [1.54, 1.807) is 49.4 Å². The minimum atomic E-state index is -4.07. The molecule has 0 aliphatic carbocycles. The number of anilines is 1. The third-order valence-corrected chi connectivity index (χ3v) is 8.09. The van der Waals surface area contributed by atoms with Crippen LogP contribution >= 0.6 is 15.9 Å². The van der Waals surface area contributed by atoms with Gasteiger partial charge in [-0.1, -0.05) is 78.3 Å². The van der Waals surface area contributed by atoms with E-state index in [0.29, 0.717) is 12.2 Å². The maximum atomic E-state index is 13.8. The molecule has 3 rings (SSSR count). The minimum Gasteiger partial charge on any atom is -0.354 e. The van der Waals surface area contributed by atoms with Crippen molar-refractivity contribution < 1.29 is 18.0 Å². The van der Waals surface area contributed by atoms with E-state index in [2.05, 4.69) is 21.2 Å². The van der Waals surface area contributed by atoms with Crippen molar-refractivity contribution in [3.63, 3.8) is 0 Å². The number of benzene rings is 3. The van der Waals surface area contributed by atoms with Crippen molar-refractivity contribution in [3.05, 3.63) is 95.0 Å². The van der Waals surface area contributed by atoms with Gasteiger partial charge in [0.25, 0.3) is 10.0 Å². The number of nitrogens with zero attached hydrogens (tertiary/aromatic N) is 2. The molecule has 0 aromatic heterocycles. The van der Waals surface area contributed by atoms with E-state index in [-0.39, 0.29) is 23.3 Å². The number of sulfonamides is 1. The second kappa shape index (κ2) is 12.9. The highest BCUT2D eigenvalue weighted by Gasteiger charge is 2.32. The summed E-state index contributed by atoms with van der Waals surface area (Å²) < 4.78 is 29.2. The van der Waals surface area contributed by atoms with Gasteiger partial charge in [0, 0.05) is 17.6 Å². The van der Waals surface area contributed by atoms with E-state index in [1.807, 2.05) is 44.2 Å². The number of nitrogens with one attached hydrogen (secondary N) is 1. The average Bonchev–Trinajstić information content (AvgIpc) is 2.90. The number of rotatable bonds is 11. The summed E-state index contributed by atoms with van der Waals surface area (Å²) in [5.41, 5.74) is 1.18. The molecule has 7 nitrogen and oxygen atoms in total. The molecular formula is C28H32BrN3O4S. The number of carbonyl (C=O) groups excluding carboxylic acids is 2. The lowest BCUT2D eigenvalue weighted by molar-refractivity contribution is -0.139. The van der Waals surface area contributed by atoms with Crippen LogP contribution in [-0.4, -0.2) is 44.3 Å². The van der Waals surface area contributed by atoms with Crippen molar-refractivity contribution in [1.29, 1.82) is 0 Å². The van der Waals surface area contributed by atoms with E-state index in [1.165, 1.54) is 17.0 Å². The van der Waals surface area contributed by atoms with Gasteiger partial charge in [-0.15, -0.1) is 0 Å². The molecule has 1 N–H and O–H groups in total. The zero-order valence-electron chi connectivity index (χ0n) is 21.2. The van der Waals surface area contributed by atoms with Crippen LogP contribution < -0.4 is 9.62 Å². The van der Waals surface area contributed by atoms with Crippen LogP contribution in [0.2, 0.25) is 0 Å². The number of halogens is 1. The first kappa shape index (κ1) is 28.4. The third-order valence-electron chi connectivity index (χ3n) is 5.77. The fraction of sp³-hybridized carbons (Fsp3) is 0.286. The molecule has 0 fully saturated rings. The van der Waals surface area contributed by atoms with Crippen molar-refractivity contribution in [2.24, 2.45) is 5.92 Å². The smallest absolute Gasteiger partial charge is 0.264 e. The number of carbonyl (C=O) groups is 2. The van der Waals surface area contributed by atoms with Crippen LogP contribution in [0.3, 0.4) is 0 Å². The molecule has 0 unspecified atom stereocenters. The van der Waals surface area contributed by atoms with Crippen molar-refractivity contribution in [2.75, 3.05) is 17.4 Å². The molecule has 3 aromatic rings. The Morgan fingerprint density at radius 3 is 2.00 bits per heavy atom. The molecule has 0 spiro atoms. The SMILES string of the molecule is CC(C)CNC(=O)[C@H](C)N(Cc1ccccc1)C(=O)CN(c1ccc(Br)cc1)S(=O)(=O)c1ccccc1. The standard InChI is InChI=1S/C28H32BrN3O4S/c1-21(2)18-30-28(34)22(3)31(19-23-10-6-4-7-11-23)27(33)20-32(25-16-14-24(29)15-17-25)37(35,36)26-12-8-5-9-13-26/h4-17,21-22H,18-20H2,1-3H3,(H,30,34)/t22-/m0/s1. The molecule has 0 radical (unpaired) electrons. The zero-order chi connectivity index (χ0) is 27.0. The first-order chi connectivity index (χ1) is 17.6. The summed E-state index contributed by atoms with van der Waals surface area (Å²) >= 11 is 3.37. The summed E-state index contributed by atoms with van der Waals surface area (Å²) in [5, 5.41) is 2.88. The second-order valence-corrected chi connectivity index (χ2v) is 11.9. The van der Waals surface area contributed by atoms with Crippen LogP contribution in [0.1, 0.15) is 26.3 Å². The van der Waals surface area contributed by atoms with Gasteiger partial charge in [-0.25, -0.2) is 8.42 Å². The van der Waals surface area contributed by atoms with Gasteiger partial charge in [0.15, 0.2) is 0 Å². The Labute approximate surface area is 227 Å². The van der Waals surface area contributed by atoms with Crippen molar-refractivity contribution >= 4 is 43.5 Å². The maximum absolute atomic E-state index is 13.8. The van der Waals surface area contributed by atoms with Gasteiger partial charge in [-0.3, -0.25) is 13.9 Å². The zero-order valence-corrected chi connectivity index (χ0v) is 23.6. The molecule has 9 heteroatoms. The topological polar surface area (TPSA) is 86.8 Å². The lowest BCUT2D eigenvalue weighted by Crippen LogP contribution is -2.51. The van der Waals surface area contributed by atoms with Gasteiger partial charge in [0.1, 0.15) is 12.6 Å². The molecule has 0 aliphatic rings. The van der Waals surface area contributed by atoms with Gasteiger partial charge >= 0.3 is 0 Å². The summed E-state index contributed by atoms with van der Waals surface area (Å²) in [4.78, 5) is 28.2. The van der Waals surface area contributed by atoms with Gasteiger partial charge in [-0.2, -0.15) is 0 Å². The Hall–Kier alpha value is -3.17. The molecule has 37 heavy (non-hydrogen) atoms. The Balaban J connectivity index is 1.97. The largest absolute Gasteiger partial charge is 0.354 e. The van der Waals surface area contributed by atoms with Crippen LogP contribution in [0.15, 0.2) is 94.3 Å². The summed E-state index contributed by atoms with van der Waals surface area (Å²) in [6, 6.07) is 23.2. The van der Waals surface area contributed by atoms with Gasteiger partial charge < -0.3 is 10.2 Å². The minimum absolute atomic E-state index is 0.0723. The molecule has 0 heterocycles. The lowest BCUT2D eigenvalue weighted by atomic mass is 10.1. The molecule has 0 saturated heterocycles. The predicted octanol–water partition coefficient (Wildman–Crippen LogP) is 4.83. The quantitative estimate of drug-likeness (QED) is 0.349. The number of amides is 2. The molecule has 3 aromatic carbocycles. The first-order valence-electron chi connectivity index (χ1n) is 12.0. The lowest BCUT2D eigenvalue weighted by Gasteiger charge is -2.32. The summed E-state index contributed by atoms with van der Waals surface area (Å²) in [5.74, 6) is -0.532. The van der Waals surface area contributed by atoms with Gasteiger partial charge in [-0.05, 0) is 54.8 Å². The van der Waals surface area contributed by atoms with E-state index in [0.717, 1.165) is 14.3 Å². The molecular weight excluding hydrogens is 554 g/mol. The van der Waals surface area contributed by atoms with Gasteiger partial charge in [0.2, 0.25) is 11.8 Å². The van der Waals surface area contributed by atoms with Crippen LogP contribution in [0.4, 0.5) is 5.69 Å². The second-order valence-electron chi connectivity index (χ2n) is 9.12. The molecule has 0 saturated carbocycles. The molecule has 2 amide bonds. The summed E-state index contributed by atoms with van der Waals surface area (Å²) in [7, 11) is -4.07. The van der Waals surface area contributed by atoms with E-state index in [9.17, 15) is 18.0 Å². The highest BCUT2D eigenvalue weighted by Crippen LogP contribution is 2.26. The fourth-order valence-electron chi connectivity index (χ4n) is 3.67. The van der Waals surface area contributed by atoms with E-state index in [4.69, 9.17) is 0 Å². The highest BCUT2D eigenvalue weighted by atomic mass is 79.9. The average molecular weight is 587 g/mol. The Kier molecular flexibility index (Phi) is 9.88. The van der Waals surface area contributed by atoms with Crippen LogP contribution in [0.5, 0.6) is 0 Å². The van der Waals surface area contributed by atoms with Crippen LogP contribution in [0, 0.1) is 5.92 Å². The molecule has 0 bridgehead atoms. The Bertz CT molecular complexity index is 1280. The predicted molar refractivity (Wildman–Crippen MR) is 149 cm³/mol. The van der Waals surface area contributed by atoms with Crippen LogP contribution in [-0.2, 0) is 26.2 Å². The monoisotopic (exact) mass is 585 g/mol. The van der Waals surface area contributed by atoms with E-state index >= 15 is 0 Å². The van der Waals surface area contributed by atoms with E-state index < -0.39 is 28.5 Å². The molecule has 1 atom stereocenters. The third kappa shape index (κ3) is 7.66. The van der Waals surface area contributed by atoms with Crippen molar-refractivity contribution in [1.82, 2.24) is 10.2 Å². The van der Waals surface area contributed by atoms with Crippen molar-refractivity contribution in [2.45, 2.75) is 38.3 Å². The fourth-order valence-corrected chi connectivity index (χ4v) is 5.37. The first-order valence-corrected chi connectivity index (χ1v) is 14.3. The maximum Gasteiger partial charge on any atom is 0.264 e. The van der Waals surface area contributed by atoms with Gasteiger partial charge in [0.05, 0.1) is 10.6 Å². The highest BCUT2D eigenvalue weighted by molar-refractivity contribution is 9.10.